The summed E-state index contributed by atoms with van der Waals surface area (Å²) in [5.74, 6) is -0.960. The molecule has 0 aliphatic carbocycles. The summed E-state index contributed by atoms with van der Waals surface area (Å²) in [7, 11) is 0. The zero-order valence-electron chi connectivity index (χ0n) is 9.78. The first kappa shape index (κ1) is 14.6. The Morgan fingerprint density at radius 2 is 2.12 bits per heavy atom. The summed E-state index contributed by atoms with van der Waals surface area (Å²) in [6, 6.07) is 0. The van der Waals surface area contributed by atoms with E-state index >= 15 is 0 Å². The first-order chi connectivity index (χ1) is 7.67. The molecule has 2 N–H and O–H groups in total. The number of hydrogen-bond donors (Lipinski definition) is 2. The maximum absolute atomic E-state index is 11.3. The van der Waals surface area contributed by atoms with Gasteiger partial charge in [0.25, 0.3) is 0 Å². The van der Waals surface area contributed by atoms with Crippen molar-refractivity contribution >= 4 is 12.2 Å². The van der Waals surface area contributed by atoms with Crippen LogP contribution in [0.3, 0.4) is 0 Å². The normalized spacial score (nSPS) is 11.9. The molecule has 0 unspecified atom stereocenters. The first-order valence-corrected chi connectivity index (χ1v) is 5.34. The number of aliphatic hydroxyl groups is 1. The Kier molecular flexibility index (Phi) is 8.15. The van der Waals surface area contributed by atoms with Gasteiger partial charge in [-0.1, -0.05) is 13.3 Å². The second-order valence-electron chi connectivity index (χ2n) is 3.13. The van der Waals surface area contributed by atoms with E-state index in [2.05, 4.69) is 4.74 Å². The molecule has 0 amide bonds. The van der Waals surface area contributed by atoms with E-state index in [1.165, 1.54) is 0 Å². The van der Waals surface area contributed by atoms with Crippen LogP contribution in [0.25, 0.3) is 0 Å². The fourth-order valence-corrected chi connectivity index (χ4v) is 0.962. The average molecular weight is 229 g/mol. The molecule has 0 aromatic carbocycles. The van der Waals surface area contributed by atoms with Gasteiger partial charge in [0.2, 0.25) is 0 Å². The molecule has 0 rings (SSSR count). The third-order valence-electron chi connectivity index (χ3n) is 1.83. The molecule has 0 aliphatic heterocycles. The summed E-state index contributed by atoms with van der Waals surface area (Å²) in [5.41, 5.74) is -0.154. The fourth-order valence-electron chi connectivity index (χ4n) is 0.962. The fraction of sp³-hybridized carbons (Fsp3) is 0.636. The summed E-state index contributed by atoms with van der Waals surface area (Å²) in [6.45, 7) is 4.35. The van der Waals surface area contributed by atoms with Crippen molar-refractivity contribution in [2.75, 3.05) is 19.8 Å². The Labute approximate surface area is 95.6 Å². The summed E-state index contributed by atoms with van der Waals surface area (Å²) in [4.78, 5) is 11.3. The highest BCUT2D eigenvalue weighted by Crippen LogP contribution is 2.03. The lowest BCUT2D eigenvalue weighted by atomic mass is 10.2. The van der Waals surface area contributed by atoms with E-state index in [9.17, 15) is 9.90 Å². The molecule has 0 saturated heterocycles. The van der Waals surface area contributed by atoms with Crippen LogP contribution in [0.4, 0.5) is 0 Å². The van der Waals surface area contributed by atoms with Crippen molar-refractivity contribution in [3.05, 3.63) is 11.3 Å². The van der Waals surface area contributed by atoms with Crippen LogP contribution in [0.15, 0.2) is 11.3 Å². The van der Waals surface area contributed by atoms with Crippen molar-refractivity contribution in [3.63, 3.8) is 0 Å². The van der Waals surface area contributed by atoms with Gasteiger partial charge in [-0.25, -0.2) is 4.79 Å². The molecule has 0 atom stereocenters. The molecule has 0 radical (unpaired) electrons. The lowest BCUT2D eigenvalue weighted by Crippen LogP contribution is -2.13. The van der Waals surface area contributed by atoms with E-state index in [4.69, 9.17) is 10.1 Å². The van der Waals surface area contributed by atoms with Crippen molar-refractivity contribution < 1.29 is 19.4 Å². The zero-order chi connectivity index (χ0) is 12.4. The number of aliphatic hydroxyl groups excluding tert-OH is 1. The molecule has 0 spiro atoms. The SMILES string of the molecule is CCCCOCC(O)=C(C=N)C(=O)OCC. The monoisotopic (exact) mass is 229 g/mol. The number of carbonyl (C=O) groups is 1. The Morgan fingerprint density at radius 1 is 1.44 bits per heavy atom. The molecule has 0 bridgehead atoms. The minimum Gasteiger partial charge on any atom is -0.509 e. The summed E-state index contributed by atoms with van der Waals surface area (Å²) < 4.78 is 9.81. The van der Waals surface area contributed by atoms with Gasteiger partial charge in [-0.15, -0.1) is 0 Å². The van der Waals surface area contributed by atoms with Crippen LogP contribution in [-0.4, -0.2) is 37.1 Å². The van der Waals surface area contributed by atoms with Crippen molar-refractivity contribution in [2.24, 2.45) is 0 Å². The Hall–Kier alpha value is -1.36. The van der Waals surface area contributed by atoms with Gasteiger partial charge in [-0.2, -0.15) is 0 Å². The van der Waals surface area contributed by atoms with Gasteiger partial charge < -0.3 is 20.0 Å². The average Bonchev–Trinajstić information content (AvgIpc) is 2.26. The largest absolute Gasteiger partial charge is 0.509 e. The molecular weight excluding hydrogens is 210 g/mol. The quantitative estimate of drug-likeness (QED) is 0.219. The minimum absolute atomic E-state index is 0.0659. The van der Waals surface area contributed by atoms with Gasteiger partial charge in [0.05, 0.1) is 6.61 Å². The summed E-state index contributed by atoms with van der Waals surface area (Å²) in [5, 5.41) is 16.5. The predicted octanol–water partition coefficient (Wildman–Crippen LogP) is 1.83. The highest BCUT2D eigenvalue weighted by Gasteiger charge is 2.13. The molecule has 0 heterocycles. The number of esters is 1. The van der Waals surface area contributed by atoms with Crippen LogP contribution >= 0.6 is 0 Å². The number of hydrogen-bond acceptors (Lipinski definition) is 5. The molecule has 16 heavy (non-hydrogen) atoms. The second-order valence-corrected chi connectivity index (χ2v) is 3.13. The standard InChI is InChI=1S/C11H19NO4/c1-3-5-6-15-8-10(13)9(7-12)11(14)16-4-2/h7,12-13H,3-6,8H2,1-2H3. The second kappa shape index (κ2) is 8.91. The number of ether oxygens (including phenoxy) is 2. The minimum atomic E-state index is -0.700. The number of carbonyl (C=O) groups excluding carboxylic acids is 1. The van der Waals surface area contributed by atoms with Gasteiger partial charge >= 0.3 is 5.97 Å². The predicted molar refractivity (Wildman–Crippen MR) is 60.8 cm³/mol. The van der Waals surface area contributed by atoms with E-state index in [0.717, 1.165) is 19.1 Å². The third-order valence-corrected chi connectivity index (χ3v) is 1.83. The van der Waals surface area contributed by atoms with E-state index in [0.29, 0.717) is 6.61 Å². The lowest BCUT2D eigenvalue weighted by molar-refractivity contribution is -0.138. The van der Waals surface area contributed by atoms with Gasteiger partial charge in [-0.3, -0.25) is 0 Å². The zero-order valence-corrected chi connectivity index (χ0v) is 9.78. The highest BCUT2D eigenvalue weighted by atomic mass is 16.5. The third kappa shape index (κ3) is 5.50. The van der Waals surface area contributed by atoms with Crippen LogP contribution in [0.5, 0.6) is 0 Å². The molecule has 0 aromatic heterocycles. The Bertz CT molecular complexity index is 261. The molecule has 0 aliphatic rings. The summed E-state index contributed by atoms with van der Waals surface area (Å²) >= 11 is 0. The van der Waals surface area contributed by atoms with E-state index in [1.807, 2.05) is 6.92 Å². The molecule has 5 heteroatoms. The van der Waals surface area contributed by atoms with Crippen molar-refractivity contribution in [3.8, 4) is 0 Å². The summed E-state index contributed by atoms with van der Waals surface area (Å²) in [6.07, 6.45) is 2.67. The van der Waals surface area contributed by atoms with Crippen molar-refractivity contribution in [2.45, 2.75) is 26.7 Å². The topological polar surface area (TPSA) is 79.6 Å². The lowest BCUT2D eigenvalue weighted by Gasteiger charge is -2.06. The van der Waals surface area contributed by atoms with Gasteiger partial charge in [0, 0.05) is 12.8 Å². The number of unbranched alkanes of at least 4 members (excludes halogenated alkanes) is 1. The first-order valence-electron chi connectivity index (χ1n) is 5.34. The maximum atomic E-state index is 11.3. The van der Waals surface area contributed by atoms with Crippen molar-refractivity contribution in [1.29, 1.82) is 5.41 Å². The van der Waals surface area contributed by atoms with Gasteiger partial charge in [-0.05, 0) is 13.3 Å². The van der Waals surface area contributed by atoms with Crippen LogP contribution in [0, 0.1) is 5.41 Å². The molecule has 0 fully saturated rings. The molecule has 5 nitrogen and oxygen atoms in total. The van der Waals surface area contributed by atoms with Crippen LogP contribution in [0.2, 0.25) is 0 Å². The van der Waals surface area contributed by atoms with Crippen LogP contribution < -0.4 is 0 Å². The molecular formula is C11H19NO4. The Morgan fingerprint density at radius 3 is 2.62 bits per heavy atom. The smallest absolute Gasteiger partial charge is 0.343 e. The number of nitrogens with one attached hydrogen (secondary N) is 1. The van der Waals surface area contributed by atoms with E-state index < -0.39 is 5.97 Å². The van der Waals surface area contributed by atoms with Gasteiger partial charge in [0.1, 0.15) is 17.9 Å². The highest BCUT2D eigenvalue weighted by molar-refractivity contribution is 6.08. The maximum Gasteiger partial charge on any atom is 0.343 e. The van der Waals surface area contributed by atoms with Crippen LogP contribution in [0.1, 0.15) is 26.7 Å². The van der Waals surface area contributed by atoms with Crippen LogP contribution in [-0.2, 0) is 14.3 Å². The Balaban J connectivity index is 4.26. The molecule has 92 valence electrons. The number of rotatable bonds is 8. The van der Waals surface area contributed by atoms with E-state index in [1.54, 1.807) is 6.92 Å². The van der Waals surface area contributed by atoms with Crippen molar-refractivity contribution in [1.82, 2.24) is 0 Å². The molecule has 0 saturated carbocycles. The molecule has 0 aromatic rings. The van der Waals surface area contributed by atoms with E-state index in [-0.39, 0.29) is 24.5 Å². The van der Waals surface area contributed by atoms with Gasteiger partial charge in [0.15, 0.2) is 0 Å².